The van der Waals surface area contributed by atoms with E-state index in [0.717, 1.165) is 30.5 Å². The Balaban J connectivity index is 0.000000122. The van der Waals surface area contributed by atoms with Gasteiger partial charge in [-0.3, -0.25) is 0 Å². The van der Waals surface area contributed by atoms with Crippen LogP contribution < -0.4 is 10.9 Å². The Morgan fingerprint density at radius 2 is 0.399 bits per heavy atom. The predicted octanol–water partition coefficient (Wildman–Crippen LogP) is 37.9. The van der Waals surface area contributed by atoms with Gasteiger partial charge in [-0.25, -0.2) is 0 Å². The first-order chi connectivity index (χ1) is 70.4. The van der Waals surface area contributed by atoms with Crippen molar-refractivity contribution in [1.82, 2.24) is 0 Å². The highest BCUT2D eigenvalue weighted by atomic mass is 127. The third-order valence-electron chi connectivity index (χ3n) is 28.1. The zero-order valence-corrected chi connectivity index (χ0v) is 88.6. The molecule has 26 aromatic carbocycles. The van der Waals surface area contributed by atoms with Crippen molar-refractivity contribution in [1.29, 1.82) is 0 Å². The summed E-state index contributed by atoms with van der Waals surface area (Å²) in [4.78, 5) is 0. The van der Waals surface area contributed by atoms with Crippen LogP contribution in [0.3, 0.4) is 0 Å². The highest BCUT2D eigenvalue weighted by Crippen LogP contribution is 2.44. The molecule has 0 bridgehead atoms. The van der Waals surface area contributed by atoms with Crippen LogP contribution in [0.15, 0.2) is 482 Å². The molecule has 0 unspecified atom stereocenters. The molecule has 0 aliphatic heterocycles. The zero-order chi connectivity index (χ0) is 102. The van der Waals surface area contributed by atoms with Gasteiger partial charge < -0.3 is 20.4 Å². The molecule has 0 amide bonds. The van der Waals surface area contributed by atoms with Crippen molar-refractivity contribution < 1.29 is 20.4 Å². The Labute approximate surface area is 905 Å². The molecule has 0 spiro atoms. The van der Waals surface area contributed by atoms with Crippen LogP contribution in [0.1, 0.15) is 70.2 Å². The number of hydrogen-bond acceptors (Lipinski definition) is 4. The average molecular weight is 2180 g/mol. The Morgan fingerprint density at radius 3 is 0.709 bits per heavy atom. The molecule has 0 atom stereocenters. The van der Waals surface area contributed by atoms with Crippen molar-refractivity contribution in [3.05, 3.63) is 491 Å². The molecule has 0 heterocycles. The molecule has 0 aromatic heterocycles. The van der Waals surface area contributed by atoms with E-state index in [2.05, 4.69) is 479 Å². The van der Waals surface area contributed by atoms with Gasteiger partial charge >= 0.3 is 0 Å². The average Bonchev–Trinajstić information content (AvgIpc) is 0.752. The molecule has 4 nitrogen and oxygen atoms in total. The molecule has 148 heavy (non-hydrogen) atoms. The van der Waals surface area contributed by atoms with E-state index in [-0.39, 0.29) is 14.9 Å². The molecule has 4 radical (unpaired) electrons. The van der Waals surface area contributed by atoms with Gasteiger partial charge in [0.25, 0.3) is 0 Å². The smallest absolute Gasteiger partial charge is 0.113 e. The summed E-state index contributed by atoms with van der Waals surface area (Å²) >= 11 is 15.2. The Kier molecular flexibility index (Phi) is 32.2. The van der Waals surface area contributed by atoms with E-state index >= 15 is 0 Å². The second-order valence-corrected chi connectivity index (χ2v) is 42.7. The highest BCUT2D eigenvalue weighted by Gasteiger charge is 2.33. The minimum Gasteiger partial charge on any atom is -0.387 e. The van der Waals surface area contributed by atoms with Crippen molar-refractivity contribution in [3.8, 4) is 44.5 Å². The monoisotopic (exact) mass is 2180 g/mol. The van der Waals surface area contributed by atoms with Crippen molar-refractivity contribution >= 4 is 265 Å². The first-order valence-corrected chi connectivity index (χ1v) is 52.1. The second kappa shape index (κ2) is 45.3. The molecular formula is C138H114B2Br2ClIO4. The van der Waals surface area contributed by atoms with Crippen molar-refractivity contribution in [2.75, 3.05) is 0 Å². The van der Waals surface area contributed by atoms with E-state index in [1.807, 2.05) is 48.5 Å². The van der Waals surface area contributed by atoms with Crippen LogP contribution in [0.5, 0.6) is 0 Å². The summed E-state index contributed by atoms with van der Waals surface area (Å²) in [6, 6.07) is 168. The maximum absolute atomic E-state index is 9.10. The first kappa shape index (κ1) is 105. The minimum absolute atomic E-state index is 0. The van der Waals surface area contributed by atoms with E-state index in [1.54, 1.807) is 55.4 Å². The van der Waals surface area contributed by atoms with Crippen LogP contribution in [0.2, 0.25) is 5.02 Å². The van der Waals surface area contributed by atoms with Crippen LogP contribution >= 0.6 is 66.1 Å². The molecule has 0 saturated heterocycles. The Bertz CT molecular complexity index is 9020. The molecule has 0 saturated carbocycles. The lowest BCUT2D eigenvalue weighted by Gasteiger charge is -2.31. The van der Waals surface area contributed by atoms with Crippen molar-refractivity contribution in [2.24, 2.45) is 0 Å². The van der Waals surface area contributed by atoms with Crippen molar-refractivity contribution in [2.45, 2.75) is 92.6 Å². The summed E-state index contributed by atoms with van der Waals surface area (Å²) in [7, 11) is 11.9. The number of benzene rings is 26. The molecule has 0 aliphatic carbocycles. The molecule has 0 aliphatic rings. The number of aliphatic hydroxyl groups is 4. The van der Waals surface area contributed by atoms with Crippen LogP contribution in [0, 0.1) is 3.57 Å². The summed E-state index contributed by atoms with van der Waals surface area (Å²) in [6.45, 7) is 12.6. The fourth-order valence-corrected chi connectivity index (χ4v) is 21.0. The van der Waals surface area contributed by atoms with Crippen LogP contribution in [-0.2, 0) is 0 Å². The molecule has 26 rings (SSSR count). The quantitative estimate of drug-likeness (QED) is 0.0760. The van der Waals surface area contributed by atoms with Gasteiger partial charge in [0.2, 0.25) is 0 Å². The number of halogens is 4. The van der Waals surface area contributed by atoms with Gasteiger partial charge in [-0.05, 0) is 368 Å². The van der Waals surface area contributed by atoms with Gasteiger partial charge in [0.1, 0.15) is 15.7 Å². The summed E-state index contributed by atoms with van der Waals surface area (Å²) in [6.07, 6.45) is 0. The van der Waals surface area contributed by atoms with Crippen LogP contribution in [0.4, 0.5) is 0 Å². The minimum atomic E-state index is -1.01. The van der Waals surface area contributed by atoms with Gasteiger partial charge in [0.05, 0.1) is 22.4 Å². The fourth-order valence-electron chi connectivity index (χ4n) is 19.1. The molecule has 26 aromatic rings. The lowest BCUT2D eigenvalue weighted by Crippen LogP contribution is -2.44. The van der Waals surface area contributed by atoms with E-state index < -0.39 is 22.4 Å². The standard InChI is InChI=1S/C38H24.C24H15B.C24H15Br.C18H11B.C14H9Cl.C6H4BrI.2C6H14O2.2CH4/c1-2-11-31-25(8-1)16-17-30-23-28(18-20-32(30)31)26-9-7-10-27(22-26)29-19-21-37-35-14-4-3-12-33(35)34-13-5-6-15-36(34)38(37)24-29;2*25-18-7-5-6-16(14-18)17-12-13-23-21-10-2-1-8-19(21)20-9-3-4-11-22(20)24(23)15-17;19-12-9-10-17-15-7-2-1-5-13(15)14-6-3-4-8-16(14)18(17)11-12;15-12-7-8-14-11(9-12)6-5-10-3-1-2-4-13(10)14;7-5-2-1-3-6(8)4-5;2*1-5(2,7)6(3,4)8;;/h1-24H;2*1-15H;1-11H;1-9H;1-4H;2*7-8H,1-4H3;2*1H4. The Hall–Kier alpha value is -14.2. The lowest BCUT2D eigenvalue weighted by atomic mass is 9.89. The highest BCUT2D eigenvalue weighted by molar-refractivity contribution is 14.1. The van der Waals surface area contributed by atoms with E-state index in [4.69, 9.17) is 47.7 Å². The maximum Gasteiger partial charge on any atom is 0.113 e. The zero-order valence-electron chi connectivity index (χ0n) is 82.5. The molecule has 0 fully saturated rings. The third kappa shape index (κ3) is 22.9. The molecule has 724 valence electrons. The lowest BCUT2D eigenvalue weighted by molar-refractivity contribution is -0.107. The summed E-state index contributed by atoms with van der Waals surface area (Å²) in [5.41, 5.74) is 7.36. The normalized spacial score (nSPS) is 11.5. The number of rotatable bonds is 6. The van der Waals surface area contributed by atoms with Gasteiger partial charge in [-0.1, -0.05) is 470 Å². The topological polar surface area (TPSA) is 80.9 Å². The van der Waals surface area contributed by atoms with Gasteiger partial charge in [-0.15, -0.1) is 0 Å². The SMILES string of the molecule is Brc1cccc(-c2ccc3c4ccccc4c4ccccc4c3c2)c1.Brc1cccc(I)c1.C.C.CC(C)(O)C(C)(C)O.CC(C)(O)C(C)(C)O.Clc1ccc2c(ccc3ccccc32)c1.[B]c1ccc2c3ccccc3c3ccccc3c2c1.[B]c1cccc(-c2ccc3c4ccccc4c4ccccc4c3c2)c1.c1cc(-c2ccc3c(ccc4ccccc43)c2)cc(-c2ccc3c4ccccc4c4ccccc4c3c2)c1. The largest absolute Gasteiger partial charge is 0.387 e. The summed E-state index contributed by atoms with van der Waals surface area (Å²) < 4.78 is 3.51. The molecular weight excluding hydrogens is 2070 g/mol. The molecule has 10 heteroatoms. The second-order valence-electron chi connectivity index (χ2n) is 39.2. The fraction of sp³-hybridized carbons (Fsp3) is 0.101. The van der Waals surface area contributed by atoms with E-state index in [0.29, 0.717) is 0 Å². The first-order valence-electron chi connectivity index (χ1n) is 49.0. The molecule has 4 N–H and O–H groups in total. The van der Waals surface area contributed by atoms with Crippen molar-refractivity contribution in [3.63, 3.8) is 0 Å². The predicted molar refractivity (Wildman–Crippen MR) is 663 cm³/mol. The maximum atomic E-state index is 9.10. The van der Waals surface area contributed by atoms with Crippen LogP contribution in [-0.4, -0.2) is 58.5 Å². The van der Waals surface area contributed by atoms with E-state index in [1.165, 1.54) is 215 Å². The van der Waals surface area contributed by atoms with Gasteiger partial charge in [0, 0.05) is 17.5 Å². The van der Waals surface area contributed by atoms with Gasteiger partial charge in [-0.2, -0.15) is 0 Å². The Morgan fingerprint density at radius 1 is 0.182 bits per heavy atom. The number of fused-ring (bicyclic) bond motifs is 30. The summed E-state index contributed by atoms with van der Waals surface area (Å²) in [5.74, 6) is 0. The summed E-state index contributed by atoms with van der Waals surface area (Å²) in [5, 5.41) is 78.6. The van der Waals surface area contributed by atoms with Gasteiger partial charge in [0.15, 0.2) is 0 Å². The third-order valence-corrected chi connectivity index (χ3v) is 30.0. The van der Waals surface area contributed by atoms with E-state index in [9.17, 15) is 0 Å². The number of hydrogen-bond donors (Lipinski definition) is 4. The van der Waals surface area contributed by atoms with Crippen LogP contribution in [0.25, 0.3) is 217 Å².